The lowest BCUT2D eigenvalue weighted by Gasteiger charge is -2.11. The molecule has 106 valence electrons. The Labute approximate surface area is 116 Å². The minimum absolute atomic E-state index is 1.15. The van der Waals surface area contributed by atoms with Crippen molar-refractivity contribution in [1.82, 2.24) is 0 Å². The van der Waals surface area contributed by atoms with Crippen LogP contribution in [0.5, 0.6) is 0 Å². The molecule has 0 rings (SSSR count). The first-order valence-electron chi connectivity index (χ1n) is 8.05. The molecule has 0 spiro atoms. The third-order valence-electron chi connectivity index (χ3n) is 4.04. The van der Waals surface area contributed by atoms with Crippen molar-refractivity contribution in [3.05, 3.63) is 23.3 Å². The minimum Gasteiger partial charge on any atom is -0.0999 e. The summed E-state index contributed by atoms with van der Waals surface area (Å²) in [7, 11) is 0. The van der Waals surface area contributed by atoms with E-state index in [9.17, 15) is 0 Å². The van der Waals surface area contributed by atoms with Crippen LogP contribution in [-0.2, 0) is 0 Å². The van der Waals surface area contributed by atoms with Gasteiger partial charge in [0.2, 0.25) is 0 Å². The van der Waals surface area contributed by atoms with Crippen LogP contribution < -0.4 is 0 Å². The van der Waals surface area contributed by atoms with Crippen molar-refractivity contribution in [2.75, 3.05) is 0 Å². The Hall–Kier alpha value is -0.520. The maximum Gasteiger partial charge on any atom is -0.0318 e. The Morgan fingerprint density at radius 2 is 1.11 bits per heavy atom. The van der Waals surface area contributed by atoms with E-state index in [4.69, 9.17) is 0 Å². The molecule has 0 aliphatic heterocycles. The van der Waals surface area contributed by atoms with Crippen molar-refractivity contribution < 1.29 is 0 Å². The molecule has 0 aliphatic rings. The monoisotopic (exact) mass is 250 g/mol. The number of hydrogen-bond acceptors (Lipinski definition) is 0. The van der Waals surface area contributed by atoms with Gasteiger partial charge < -0.3 is 0 Å². The fourth-order valence-electron chi connectivity index (χ4n) is 2.60. The number of unbranched alkanes of at least 4 members (excludes halogenated alkanes) is 3. The van der Waals surface area contributed by atoms with E-state index >= 15 is 0 Å². The molecule has 0 bridgehead atoms. The summed E-state index contributed by atoms with van der Waals surface area (Å²) in [4.78, 5) is 0. The first kappa shape index (κ1) is 17.5. The van der Waals surface area contributed by atoms with Gasteiger partial charge in [-0.05, 0) is 51.4 Å². The second kappa shape index (κ2) is 11.6. The van der Waals surface area contributed by atoms with E-state index in [0.717, 1.165) is 6.42 Å². The number of hydrogen-bond donors (Lipinski definition) is 0. The molecule has 0 N–H and O–H groups in total. The summed E-state index contributed by atoms with van der Waals surface area (Å²) < 4.78 is 0. The van der Waals surface area contributed by atoms with Crippen LogP contribution in [-0.4, -0.2) is 0 Å². The molecule has 0 saturated heterocycles. The Bertz CT molecular complexity index is 239. The van der Waals surface area contributed by atoms with E-state index in [2.05, 4.69) is 34.3 Å². The van der Waals surface area contributed by atoms with Gasteiger partial charge in [-0.1, -0.05) is 63.8 Å². The van der Waals surface area contributed by atoms with E-state index in [1.165, 1.54) is 63.4 Å². The zero-order valence-corrected chi connectivity index (χ0v) is 13.3. The van der Waals surface area contributed by atoms with Crippen LogP contribution in [0.2, 0.25) is 0 Å². The molecule has 0 aromatic carbocycles. The molecule has 0 aromatic rings. The smallest absolute Gasteiger partial charge is 0.0318 e. The summed E-state index contributed by atoms with van der Waals surface area (Å²) in [6, 6.07) is 0. The zero-order valence-electron chi connectivity index (χ0n) is 13.3. The third-order valence-corrected chi connectivity index (χ3v) is 4.04. The van der Waals surface area contributed by atoms with Crippen molar-refractivity contribution in [3.8, 4) is 0 Å². The molecular weight excluding hydrogens is 216 g/mol. The van der Waals surface area contributed by atoms with Crippen LogP contribution in [0.4, 0.5) is 0 Å². The maximum absolute atomic E-state index is 4.07. The molecule has 0 unspecified atom stereocenters. The van der Waals surface area contributed by atoms with E-state index in [1.54, 1.807) is 11.1 Å². The Morgan fingerprint density at radius 3 is 1.56 bits per heavy atom. The Morgan fingerprint density at radius 1 is 0.611 bits per heavy atom. The molecule has 0 aromatic heterocycles. The van der Waals surface area contributed by atoms with Gasteiger partial charge in [-0.25, -0.2) is 0 Å². The fourth-order valence-corrected chi connectivity index (χ4v) is 2.60. The summed E-state index contributed by atoms with van der Waals surface area (Å²) in [5, 5.41) is 0. The van der Waals surface area contributed by atoms with Crippen LogP contribution >= 0.6 is 0 Å². The van der Waals surface area contributed by atoms with Gasteiger partial charge in [0.25, 0.3) is 0 Å². The molecule has 0 fully saturated rings. The van der Waals surface area contributed by atoms with Gasteiger partial charge in [0.1, 0.15) is 0 Å². The van der Waals surface area contributed by atoms with Crippen LogP contribution in [0, 0.1) is 0 Å². The van der Waals surface area contributed by atoms with Crippen molar-refractivity contribution in [3.63, 3.8) is 0 Å². The largest absolute Gasteiger partial charge is 0.0999 e. The van der Waals surface area contributed by atoms with Gasteiger partial charge in [-0.15, -0.1) is 0 Å². The van der Waals surface area contributed by atoms with Crippen LogP contribution in [0.1, 0.15) is 91.9 Å². The van der Waals surface area contributed by atoms with E-state index in [-0.39, 0.29) is 0 Å². The highest BCUT2D eigenvalue weighted by Crippen LogP contribution is 2.22. The normalized spacial score (nSPS) is 10.4. The molecule has 0 radical (unpaired) electrons. The minimum atomic E-state index is 1.15. The van der Waals surface area contributed by atoms with Crippen molar-refractivity contribution in [2.45, 2.75) is 91.9 Å². The van der Waals surface area contributed by atoms with Crippen LogP contribution in [0.25, 0.3) is 0 Å². The van der Waals surface area contributed by atoms with Gasteiger partial charge in [0.05, 0.1) is 0 Å². The van der Waals surface area contributed by atoms with Gasteiger partial charge in [-0.3, -0.25) is 0 Å². The summed E-state index contributed by atoms with van der Waals surface area (Å²) >= 11 is 0. The molecule has 18 heavy (non-hydrogen) atoms. The lowest BCUT2D eigenvalue weighted by atomic mass is 9.95. The maximum atomic E-state index is 4.07. The lowest BCUT2D eigenvalue weighted by molar-refractivity contribution is 0.624. The predicted molar refractivity (Wildman–Crippen MR) is 85.0 cm³/mol. The molecule has 0 amide bonds. The van der Waals surface area contributed by atoms with Crippen molar-refractivity contribution in [1.29, 1.82) is 0 Å². The van der Waals surface area contributed by atoms with Crippen LogP contribution in [0.3, 0.4) is 0 Å². The average Bonchev–Trinajstić information content (AvgIpc) is 2.41. The Kier molecular flexibility index (Phi) is 11.2. The number of allylic oxidation sites excluding steroid dienone is 3. The highest BCUT2D eigenvalue weighted by atomic mass is 14.1. The van der Waals surface area contributed by atoms with Gasteiger partial charge in [0.15, 0.2) is 0 Å². The second-order valence-corrected chi connectivity index (χ2v) is 5.29. The average molecular weight is 250 g/mol. The molecule has 0 nitrogen and oxygen atoms in total. The van der Waals surface area contributed by atoms with E-state index in [0.29, 0.717) is 0 Å². The third kappa shape index (κ3) is 7.74. The van der Waals surface area contributed by atoms with Gasteiger partial charge in [0, 0.05) is 0 Å². The summed E-state index contributed by atoms with van der Waals surface area (Å²) in [5.74, 6) is 0. The van der Waals surface area contributed by atoms with Crippen molar-refractivity contribution in [2.24, 2.45) is 0 Å². The molecule has 0 aliphatic carbocycles. The molecule has 0 saturated carbocycles. The summed E-state index contributed by atoms with van der Waals surface area (Å²) in [5.41, 5.74) is 4.86. The predicted octanol–water partition coefficient (Wildman–Crippen LogP) is 6.82. The standard InChI is InChI=1S/C18H34/c1-6-16(5)14-12-10-11-13-15-18(9-4)17(7-2)8-3/h5-15H2,1-4H3. The lowest BCUT2D eigenvalue weighted by Crippen LogP contribution is -1.91. The summed E-state index contributed by atoms with van der Waals surface area (Å²) in [6.45, 7) is 13.2. The molecular formula is C18H34. The second-order valence-electron chi connectivity index (χ2n) is 5.29. The van der Waals surface area contributed by atoms with E-state index < -0.39 is 0 Å². The number of rotatable bonds is 11. The molecule has 0 heterocycles. The highest BCUT2D eigenvalue weighted by Gasteiger charge is 2.02. The molecule has 0 atom stereocenters. The quantitative estimate of drug-likeness (QED) is 0.279. The summed E-state index contributed by atoms with van der Waals surface area (Å²) in [6.07, 6.45) is 13.0. The van der Waals surface area contributed by atoms with Gasteiger partial charge in [-0.2, -0.15) is 0 Å². The van der Waals surface area contributed by atoms with Gasteiger partial charge >= 0.3 is 0 Å². The zero-order chi connectivity index (χ0) is 13.8. The first-order chi connectivity index (χ1) is 8.69. The SMILES string of the molecule is C=C(CC)CCCCCCC(CC)=C(CC)CC. The first-order valence-corrected chi connectivity index (χ1v) is 8.05. The van der Waals surface area contributed by atoms with E-state index in [1.807, 2.05) is 0 Å². The fraction of sp³-hybridized carbons (Fsp3) is 0.778. The van der Waals surface area contributed by atoms with Crippen LogP contribution in [0.15, 0.2) is 23.3 Å². The topological polar surface area (TPSA) is 0 Å². The van der Waals surface area contributed by atoms with Crippen molar-refractivity contribution >= 4 is 0 Å². The molecule has 0 heteroatoms. The Balaban J connectivity index is 3.76. The highest BCUT2D eigenvalue weighted by molar-refractivity contribution is 5.13.